The summed E-state index contributed by atoms with van der Waals surface area (Å²) in [5.74, 6) is -0.797. The van der Waals surface area contributed by atoms with E-state index < -0.39 is 11.9 Å². The van der Waals surface area contributed by atoms with E-state index >= 15 is 0 Å². The fourth-order valence-corrected chi connectivity index (χ4v) is 3.22. The Bertz CT molecular complexity index is 1050. The maximum atomic E-state index is 12.2. The molecular weight excluding hydrogens is 390 g/mol. The van der Waals surface area contributed by atoms with Crippen LogP contribution in [0.15, 0.2) is 53.9 Å². The highest BCUT2D eigenvalue weighted by Gasteiger charge is 2.11. The molecule has 0 fully saturated rings. The number of nitrogens with one attached hydrogen (secondary N) is 3. The van der Waals surface area contributed by atoms with Crippen molar-refractivity contribution in [3.8, 4) is 0 Å². The van der Waals surface area contributed by atoms with Gasteiger partial charge in [-0.25, -0.2) is 9.78 Å². The Morgan fingerprint density at radius 3 is 2.45 bits per heavy atom. The van der Waals surface area contributed by atoms with Crippen molar-refractivity contribution < 1.29 is 14.4 Å². The fraction of sp³-hybridized carbons (Fsp3) is 0.100. The third-order valence-corrected chi connectivity index (χ3v) is 4.65. The molecular formula is C20H19N5O3S. The first kappa shape index (κ1) is 20.0. The number of primary amides is 1. The van der Waals surface area contributed by atoms with E-state index in [1.807, 2.05) is 25.1 Å². The number of carbonyl (C=O) groups excluding carboxylic acids is 3. The van der Waals surface area contributed by atoms with Crippen molar-refractivity contribution >= 4 is 45.7 Å². The summed E-state index contributed by atoms with van der Waals surface area (Å²) in [4.78, 5) is 39.6. The second-order valence-electron chi connectivity index (χ2n) is 6.26. The van der Waals surface area contributed by atoms with Gasteiger partial charge in [-0.1, -0.05) is 12.1 Å². The molecule has 0 unspecified atom stereocenters. The van der Waals surface area contributed by atoms with Gasteiger partial charge >= 0.3 is 6.03 Å². The number of aryl methyl sites for hydroxylation is 1. The summed E-state index contributed by atoms with van der Waals surface area (Å²) in [5, 5.41) is 10.2. The summed E-state index contributed by atoms with van der Waals surface area (Å²) in [6, 6.07) is 13.3. The number of anilines is 3. The molecule has 3 rings (SSSR count). The molecule has 0 aliphatic rings. The molecule has 29 heavy (non-hydrogen) atoms. The van der Waals surface area contributed by atoms with Gasteiger partial charge in [-0.3, -0.25) is 14.9 Å². The monoisotopic (exact) mass is 409 g/mol. The standard InChI is InChI=1S/C20H19N5O3S/c1-12-3-2-4-15(9-12)23-19(28)25-20-24-16(11-29-20)10-17(26)22-14-7-5-13(6-8-14)18(21)27/h2-9,11H,10H2,1H3,(H2,21,27)(H,22,26)(H2,23,24,25,28). The first-order valence-corrected chi connectivity index (χ1v) is 9.56. The summed E-state index contributed by atoms with van der Waals surface area (Å²) in [7, 11) is 0. The zero-order valence-corrected chi connectivity index (χ0v) is 16.4. The number of nitrogens with zero attached hydrogens (tertiary/aromatic N) is 1. The largest absolute Gasteiger partial charge is 0.366 e. The molecule has 1 aromatic heterocycles. The van der Waals surface area contributed by atoms with Crippen LogP contribution in [0.3, 0.4) is 0 Å². The van der Waals surface area contributed by atoms with Crippen LogP contribution in [0, 0.1) is 6.92 Å². The molecule has 148 valence electrons. The van der Waals surface area contributed by atoms with Crippen molar-refractivity contribution in [3.05, 3.63) is 70.7 Å². The summed E-state index contributed by atoms with van der Waals surface area (Å²) < 4.78 is 0. The Morgan fingerprint density at radius 1 is 1.00 bits per heavy atom. The molecule has 9 heteroatoms. The Hall–Kier alpha value is -3.72. The summed E-state index contributed by atoms with van der Waals surface area (Å²) in [6.07, 6.45) is 0.0508. The van der Waals surface area contributed by atoms with Crippen molar-refractivity contribution in [2.24, 2.45) is 5.73 Å². The number of urea groups is 1. The highest BCUT2D eigenvalue weighted by Crippen LogP contribution is 2.18. The van der Waals surface area contributed by atoms with E-state index in [1.165, 1.54) is 23.5 Å². The highest BCUT2D eigenvalue weighted by atomic mass is 32.1. The number of amides is 4. The van der Waals surface area contributed by atoms with E-state index in [9.17, 15) is 14.4 Å². The second-order valence-corrected chi connectivity index (χ2v) is 7.12. The van der Waals surface area contributed by atoms with Crippen LogP contribution in [0.2, 0.25) is 0 Å². The van der Waals surface area contributed by atoms with Gasteiger partial charge in [0.05, 0.1) is 12.1 Å². The minimum atomic E-state index is -0.531. The molecule has 0 radical (unpaired) electrons. The molecule has 0 saturated heterocycles. The molecule has 0 aliphatic heterocycles. The van der Waals surface area contributed by atoms with Crippen LogP contribution in [-0.2, 0) is 11.2 Å². The minimum absolute atomic E-state index is 0.0508. The lowest BCUT2D eigenvalue weighted by Crippen LogP contribution is -2.19. The van der Waals surface area contributed by atoms with E-state index in [1.54, 1.807) is 23.6 Å². The van der Waals surface area contributed by atoms with Gasteiger partial charge in [0.2, 0.25) is 11.8 Å². The van der Waals surface area contributed by atoms with Gasteiger partial charge in [0.1, 0.15) is 0 Å². The van der Waals surface area contributed by atoms with Crippen molar-refractivity contribution in [2.45, 2.75) is 13.3 Å². The molecule has 8 nitrogen and oxygen atoms in total. The lowest BCUT2D eigenvalue weighted by atomic mass is 10.2. The topological polar surface area (TPSA) is 126 Å². The van der Waals surface area contributed by atoms with Gasteiger partial charge in [-0.2, -0.15) is 0 Å². The van der Waals surface area contributed by atoms with Gasteiger partial charge in [-0.05, 0) is 48.9 Å². The number of nitrogens with two attached hydrogens (primary N) is 1. The third-order valence-electron chi connectivity index (χ3n) is 3.84. The molecule has 0 spiro atoms. The van der Waals surface area contributed by atoms with E-state index in [4.69, 9.17) is 5.73 Å². The van der Waals surface area contributed by atoms with E-state index in [-0.39, 0.29) is 12.3 Å². The third kappa shape index (κ3) is 5.88. The molecule has 5 N–H and O–H groups in total. The lowest BCUT2D eigenvalue weighted by Gasteiger charge is -2.06. The van der Waals surface area contributed by atoms with Crippen molar-refractivity contribution in [3.63, 3.8) is 0 Å². The molecule has 0 saturated carbocycles. The molecule has 0 bridgehead atoms. The second kappa shape index (κ2) is 8.98. The number of thiazole rings is 1. The Kier molecular flexibility index (Phi) is 6.20. The minimum Gasteiger partial charge on any atom is -0.366 e. The number of carbonyl (C=O) groups is 3. The quantitative estimate of drug-likeness (QED) is 0.498. The molecule has 3 aromatic rings. The van der Waals surface area contributed by atoms with Crippen LogP contribution >= 0.6 is 11.3 Å². The Morgan fingerprint density at radius 2 is 1.76 bits per heavy atom. The van der Waals surface area contributed by atoms with Crippen LogP contribution in [0.5, 0.6) is 0 Å². The van der Waals surface area contributed by atoms with E-state index in [0.717, 1.165) is 5.56 Å². The van der Waals surface area contributed by atoms with Gasteiger partial charge in [0, 0.05) is 22.3 Å². The van der Waals surface area contributed by atoms with E-state index in [2.05, 4.69) is 20.9 Å². The number of aromatic nitrogens is 1. The average Bonchev–Trinajstić information content (AvgIpc) is 3.08. The number of hydrogen-bond donors (Lipinski definition) is 4. The van der Waals surface area contributed by atoms with E-state index in [0.29, 0.717) is 27.8 Å². The van der Waals surface area contributed by atoms with Crippen LogP contribution < -0.4 is 21.7 Å². The Balaban J connectivity index is 1.52. The zero-order valence-electron chi connectivity index (χ0n) is 15.6. The predicted molar refractivity (Wildman–Crippen MR) is 113 cm³/mol. The van der Waals surface area contributed by atoms with Crippen LogP contribution in [0.4, 0.5) is 21.3 Å². The van der Waals surface area contributed by atoms with Crippen LogP contribution in [0.1, 0.15) is 21.6 Å². The molecule has 4 amide bonds. The van der Waals surface area contributed by atoms with Gasteiger partial charge in [-0.15, -0.1) is 11.3 Å². The normalized spacial score (nSPS) is 10.2. The number of hydrogen-bond acceptors (Lipinski definition) is 5. The maximum absolute atomic E-state index is 12.2. The molecule has 2 aromatic carbocycles. The lowest BCUT2D eigenvalue weighted by molar-refractivity contribution is -0.115. The van der Waals surface area contributed by atoms with Crippen molar-refractivity contribution in [2.75, 3.05) is 16.0 Å². The highest BCUT2D eigenvalue weighted by molar-refractivity contribution is 7.14. The van der Waals surface area contributed by atoms with Crippen molar-refractivity contribution in [1.29, 1.82) is 0 Å². The SMILES string of the molecule is Cc1cccc(NC(=O)Nc2nc(CC(=O)Nc3ccc(C(N)=O)cc3)cs2)c1. The first-order valence-electron chi connectivity index (χ1n) is 8.68. The number of rotatable bonds is 6. The van der Waals surface area contributed by atoms with Crippen LogP contribution in [-0.4, -0.2) is 22.8 Å². The van der Waals surface area contributed by atoms with Gasteiger partial charge < -0.3 is 16.4 Å². The van der Waals surface area contributed by atoms with Crippen molar-refractivity contribution in [1.82, 2.24) is 4.98 Å². The predicted octanol–water partition coefficient (Wildman–Crippen LogP) is 3.38. The van der Waals surface area contributed by atoms with Gasteiger partial charge in [0.15, 0.2) is 5.13 Å². The van der Waals surface area contributed by atoms with Crippen LogP contribution in [0.25, 0.3) is 0 Å². The van der Waals surface area contributed by atoms with Gasteiger partial charge in [0.25, 0.3) is 0 Å². The maximum Gasteiger partial charge on any atom is 0.325 e. The first-order chi connectivity index (χ1) is 13.9. The zero-order chi connectivity index (χ0) is 20.8. The fourth-order valence-electron chi connectivity index (χ4n) is 2.52. The summed E-state index contributed by atoms with van der Waals surface area (Å²) >= 11 is 1.23. The summed E-state index contributed by atoms with van der Waals surface area (Å²) in [6.45, 7) is 1.94. The number of benzene rings is 2. The molecule has 0 atom stereocenters. The molecule has 0 aliphatic carbocycles. The molecule has 1 heterocycles. The smallest absolute Gasteiger partial charge is 0.325 e. The summed E-state index contributed by atoms with van der Waals surface area (Å²) in [5.41, 5.74) is 8.35. The Labute approximate surface area is 171 Å². The average molecular weight is 409 g/mol.